The number of carboxylic acids is 1. The molecule has 0 aliphatic heterocycles. The van der Waals surface area contributed by atoms with Crippen LogP contribution in [-0.2, 0) is 16.0 Å². The molecule has 0 atom stereocenters. The third-order valence-corrected chi connectivity index (χ3v) is 2.42. The van der Waals surface area contributed by atoms with Crippen LogP contribution in [0.1, 0.15) is 34.8 Å². The van der Waals surface area contributed by atoms with Crippen molar-refractivity contribution in [1.29, 1.82) is 0 Å². The molecule has 0 saturated carbocycles. The molecule has 0 heterocycles. The Morgan fingerprint density at radius 3 is 2.65 bits per heavy atom. The van der Waals surface area contributed by atoms with Gasteiger partial charge in [-0.05, 0) is 37.5 Å². The SMILES string of the molecule is CCOC(=O)c1cc(CCC(=O)O)ccc1C. The maximum atomic E-state index is 11.6. The average Bonchev–Trinajstić information content (AvgIpc) is 2.28. The highest BCUT2D eigenvalue weighted by molar-refractivity contribution is 5.91. The van der Waals surface area contributed by atoms with Gasteiger partial charge in [0, 0.05) is 6.42 Å². The molecule has 1 rings (SSSR count). The van der Waals surface area contributed by atoms with Crippen LogP contribution >= 0.6 is 0 Å². The Balaban J connectivity index is 2.86. The number of aliphatic carboxylic acids is 1. The molecule has 1 aromatic rings. The lowest BCUT2D eigenvalue weighted by Crippen LogP contribution is -2.07. The summed E-state index contributed by atoms with van der Waals surface area (Å²) >= 11 is 0. The van der Waals surface area contributed by atoms with Crippen LogP contribution in [0.3, 0.4) is 0 Å². The van der Waals surface area contributed by atoms with Gasteiger partial charge < -0.3 is 9.84 Å². The number of carboxylic acid groups (broad SMARTS) is 1. The fourth-order valence-electron chi connectivity index (χ4n) is 1.50. The van der Waals surface area contributed by atoms with Gasteiger partial charge in [0.25, 0.3) is 0 Å². The molecule has 4 nitrogen and oxygen atoms in total. The smallest absolute Gasteiger partial charge is 0.338 e. The maximum Gasteiger partial charge on any atom is 0.338 e. The van der Waals surface area contributed by atoms with Gasteiger partial charge in [0.1, 0.15) is 0 Å². The molecule has 0 fully saturated rings. The molecule has 0 aliphatic carbocycles. The van der Waals surface area contributed by atoms with Crippen LogP contribution in [0.4, 0.5) is 0 Å². The van der Waals surface area contributed by atoms with E-state index in [2.05, 4.69) is 0 Å². The molecule has 1 N–H and O–H groups in total. The van der Waals surface area contributed by atoms with Gasteiger partial charge >= 0.3 is 11.9 Å². The molecule has 0 aliphatic rings. The van der Waals surface area contributed by atoms with E-state index in [1.807, 2.05) is 19.1 Å². The predicted molar refractivity (Wildman–Crippen MR) is 63.1 cm³/mol. The summed E-state index contributed by atoms with van der Waals surface area (Å²) in [5.74, 6) is -1.20. The highest BCUT2D eigenvalue weighted by Gasteiger charge is 2.11. The minimum absolute atomic E-state index is 0.0608. The molecule has 0 bridgehead atoms. The predicted octanol–water partition coefficient (Wildman–Crippen LogP) is 2.19. The lowest BCUT2D eigenvalue weighted by Gasteiger charge is -2.07. The van der Waals surface area contributed by atoms with Gasteiger partial charge in [-0.2, -0.15) is 0 Å². The van der Waals surface area contributed by atoms with E-state index in [1.165, 1.54) is 0 Å². The largest absolute Gasteiger partial charge is 0.481 e. The monoisotopic (exact) mass is 236 g/mol. The van der Waals surface area contributed by atoms with Gasteiger partial charge in [0.2, 0.25) is 0 Å². The molecule has 0 spiro atoms. The van der Waals surface area contributed by atoms with E-state index in [0.717, 1.165) is 11.1 Å². The van der Waals surface area contributed by atoms with Crippen molar-refractivity contribution in [3.63, 3.8) is 0 Å². The Morgan fingerprint density at radius 2 is 2.06 bits per heavy atom. The second kappa shape index (κ2) is 6.03. The summed E-state index contributed by atoms with van der Waals surface area (Å²) in [5, 5.41) is 8.60. The van der Waals surface area contributed by atoms with Crippen molar-refractivity contribution < 1.29 is 19.4 Å². The normalized spacial score (nSPS) is 10.0. The number of ether oxygens (including phenoxy) is 1. The Bertz CT molecular complexity index is 423. The Labute approximate surface area is 100 Å². The van der Waals surface area contributed by atoms with Crippen LogP contribution in [-0.4, -0.2) is 23.7 Å². The first-order valence-electron chi connectivity index (χ1n) is 5.53. The topological polar surface area (TPSA) is 63.6 Å². The Morgan fingerprint density at radius 1 is 1.35 bits per heavy atom. The van der Waals surface area contributed by atoms with Gasteiger partial charge in [-0.15, -0.1) is 0 Å². The summed E-state index contributed by atoms with van der Waals surface area (Å²) in [7, 11) is 0. The molecule has 0 saturated heterocycles. The van der Waals surface area contributed by atoms with Crippen molar-refractivity contribution in [2.75, 3.05) is 6.61 Å². The summed E-state index contributed by atoms with van der Waals surface area (Å²) in [4.78, 5) is 22.1. The molecule has 4 heteroatoms. The van der Waals surface area contributed by atoms with E-state index in [-0.39, 0.29) is 12.4 Å². The molecule has 92 valence electrons. The summed E-state index contributed by atoms with van der Waals surface area (Å²) in [6.45, 7) is 3.91. The summed E-state index contributed by atoms with van der Waals surface area (Å²) < 4.78 is 4.93. The average molecular weight is 236 g/mol. The minimum Gasteiger partial charge on any atom is -0.481 e. The lowest BCUT2D eigenvalue weighted by atomic mass is 10.0. The van der Waals surface area contributed by atoms with Gasteiger partial charge in [0.15, 0.2) is 0 Å². The first-order valence-corrected chi connectivity index (χ1v) is 5.53. The number of hydrogen-bond donors (Lipinski definition) is 1. The highest BCUT2D eigenvalue weighted by Crippen LogP contribution is 2.14. The quantitative estimate of drug-likeness (QED) is 0.796. The Hall–Kier alpha value is -1.84. The number of benzene rings is 1. The number of esters is 1. The summed E-state index contributed by atoms with van der Waals surface area (Å²) in [5.41, 5.74) is 2.18. The highest BCUT2D eigenvalue weighted by atomic mass is 16.5. The van der Waals surface area contributed by atoms with Crippen molar-refractivity contribution in [1.82, 2.24) is 0 Å². The zero-order chi connectivity index (χ0) is 12.8. The van der Waals surface area contributed by atoms with E-state index >= 15 is 0 Å². The molecular weight excluding hydrogens is 220 g/mol. The first-order chi connectivity index (χ1) is 8.04. The molecule has 0 unspecified atom stereocenters. The van der Waals surface area contributed by atoms with Gasteiger partial charge in [-0.1, -0.05) is 12.1 Å². The number of hydrogen-bond acceptors (Lipinski definition) is 3. The van der Waals surface area contributed by atoms with E-state index in [1.54, 1.807) is 13.0 Å². The summed E-state index contributed by atoms with van der Waals surface area (Å²) in [6, 6.07) is 5.35. The van der Waals surface area contributed by atoms with Gasteiger partial charge in [-0.25, -0.2) is 4.79 Å². The van der Waals surface area contributed by atoms with Crippen LogP contribution in [0.2, 0.25) is 0 Å². The van der Waals surface area contributed by atoms with Crippen molar-refractivity contribution in [2.24, 2.45) is 0 Å². The standard InChI is InChI=1S/C13H16O4/c1-3-17-13(16)11-8-10(5-4-9(11)2)6-7-12(14)15/h4-5,8H,3,6-7H2,1-2H3,(H,14,15). The lowest BCUT2D eigenvalue weighted by molar-refractivity contribution is -0.136. The minimum atomic E-state index is -0.844. The molecule has 0 aromatic heterocycles. The van der Waals surface area contributed by atoms with Gasteiger partial charge in [0.05, 0.1) is 12.2 Å². The maximum absolute atomic E-state index is 11.6. The van der Waals surface area contributed by atoms with Crippen molar-refractivity contribution in [3.8, 4) is 0 Å². The molecule has 1 aromatic carbocycles. The fourth-order valence-corrected chi connectivity index (χ4v) is 1.50. The number of aryl methyl sites for hydroxylation is 2. The van der Waals surface area contributed by atoms with Crippen LogP contribution in [0.15, 0.2) is 18.2 Å². The third-order valence-electron chi connectivity index (χ3n) is 2.42. The van der Waals surface area contributed by atoms with Crippen LogP contribution in [0.5, 0.6) is 0 Å². The van der Waals surface area contributed by atoms with E-state index < -0.39 is 5.97 Å². The van der Waals surface area contributed by atoms with E-state index in [0.29, 0.717) is 18.6 Å². The van der Waals surface area contributed by atoms with Crippen LogP contribution in [0.25, 0.3) is 0 Å². The second-order valence-corrected chi connectivity index (χ2v) is 3.76. The number of rotatable bonds is 5. The molecule has 0 amide bonds. The molecular formula is C13H16O4. The van der Waals surface area contributed by atoms with Gasteiger partial charge in [-0.3, -0.25) is 4.79 Å². The molecule has 0 radical (unpaired) electrons. The zero-order valence-electron chi connectivity index (χ0n) is 10.0. The first kappa shape index (κ1) is 13.2. The van der Waals surface area contributed by atoms with Crippen LogP contribution < -0.4 is 0 Å². The van der Waals surface area contributed by atoms with Crippen molar-refractivity contribution in [3.05, 3.63) is 34.9 Å². The van der Waals surface area contributed by atoms with Crippen molar-refractivity contribution in [2.45, 2.75) is 26.7 Å². The fraction of sp³-hybridized carbons (Fsp3) is 0.385. The molecule has 17 heavy (non-hydrogen) atoms. The Kier molecular flexibility index (Phi) is 4.69. The third kappa shape index (κ3) is 3.90. The number of carbonyl (C=O) groups excluding carboxylic acids is 1. The van der Waals surface area contributed by atoms with E-state index in [4.69, 9.17) is 9.84 Å². The van der Waals surface area contributed by atoms with E-state index in [9.17, 15) is 9.59 Å². The summed E-state index contributed by atoms with van der Waals surface area (Å²) in [6.07, 6.45) is 0.480. The van der Waals surface area contributed by atoms with Crippen LogP contribution in [0, 0.1) is 6.92 Å². The number of carbonyl (C=O) groups is 2. The second-order valence-electron chi connectivity index (χ2n) is 3.76. The zero-order valence-corrected chi connectivity index (χ0v) is 10.0. The van der Waals surface area contributed by atoms with Crippen molar-refractivity contribution >= 4 is 11.9 Å².